The fourth-order valence-electron chi connectivity index (χ4n) is 2.14. The molecule has 2 aromatic carbocycles. The van der Waals surface area contributed by atoms with Crippen molar-refractivity contribution in [1.29, 1.82) is 0 Å². The second kappa shape index (κ2) is 8.18. The van der Waals surface area contributed by atoms with Gasteiger partial charge in [0.1, 0.15) is 11.5 Å². The van der Waals surface area contributed by atoms with Gasteiger partial charge >= 0.3 is 6.18 Å². The molecular weight excluding hydrogens is 373 g/mol. The predicted molar refractivity (Wildman–Crippen MR) is 93.1 cm³/mol. The van der Waals surface area contributed by atoms with E-state index in [1.165, 1.54) is 20.3 Å². The summed E-state index contributed by atoms with van der Waals surface area (Å²) in [5.41, 5.74) is -0.473. The number of alkyl halides is 3. The minimum Gasteiger partial charge on any atom is -0.497 e. The Morgan fingerprint density at radius 2 is 1.85 bits per heavy atom. The zero-order chi connectivity index (χ0) is 19.3. The number of anilines is 2. The Labute approximate surface area is 153 Å². The minimum atomic E-state index is -4.58. The Bertz CT molecular complexity index is 797. The van der Waals surface area contributed by atoms with Crippen molar-refractivity contribution in [2.24, 2.45) is 0 Å². The van der Waals surface area contributed by atoms with Gasteiger partial charge in [-0.05, 0) is 30.3 Å². The van der Waals surface area contributed by atoms with Crippen molar-refractivity contribution in [2.75, 3.05) is 31.4 Å². The van der Waals surface area contributed by atoms with Gasteiger partial charge in [0.2, 0.25) is 5.91 Å². The summed E-state index contributed by atoms with van der Waals surface area (Å²) in [6, 6.07) is 8.19. The molecule has 0 fully saturated rings. The van der Waals surface area contributed by atoms with Crippen LogP contribution in [0.25, 0.3) is 0 Å². The van der Waals surface area contributed by atoms with E-state index in [-0.39, 0.29) is 12.2 Å². The molecule has 2 rings (SSSR count). The molecule has 0 saturated carbocycles. The molecule has 0 atom stereocenters. The van der Waals surface area contributed by atoms with Crippen LogP contribution in [0.2, 0.25) is 5.02 Å². The number of halogens is 4. The summed E-state index contributed by atoms with van der Waals surface area (Å²) in [5, 5.41) is 4.83. The number of rotatable bonds is 6. The van der Waals surface area contributed by atoms with Crippen molar-refractivity contribution in [2.45, 2.75) is 6.18 Å². The fourth-order valence-corrected chi connectivity index (χ4v) is 2.37. The van der Waals surface area contributed by atoms with Crippen molar-refractivity contribution in [1.82, 2.24) is 0 Å². The summed E-state index contributed by atoms with van der Waals surface area (Å²) in [6.45, 7) is -0.251. The maximum atomic E-state index is 12.9. The number of hydrogen-bond donors (Lipinski definition) is 2. The highest BCUT2D eigenvalue weighted by molar-refractivity contribution is 6.31. The molecular formula is C17H16ClF3N2O3. The van der Waals surface area contributed by atoms with E-state index >= 15 is 0 Å². The number of carbonyl (C=O) groups excluding carboxylic acids is 1. The van der Waals surface area contributed by atoms with Crippen molar-refractivity contribution in [3.63, 3.8) is 0 Å². The first-order valence-electron chi connectivity index (χ1n) is 7.37. The van der Waals surface area contributed by atoms with Gasteiger partial charge in [-0.25, -0.2) is 0 Å². The number of hydrogen-bond acceptors (Lipinski definition) is 4. The van der Waals surface area contributed by atoms with Gasteiger partial charge in [-0.1, -0.05) is 11.6 Å². The third-order valence-electron chi connectivity index (χ3n) is 3.41. The first-order valence-corrected chi connectivity index (χ1v) is 7.75. The van der Waals surface area contributed by atoms with E-state index in [0.717, 1.165) is 12.1 Å². The number of benzene rings is 2. The van der Waals surface area contributed by atoms with Gasteiger partial charge < -0.3 is 20.1 Å². The Morgan fingerprint density at radius 3 is 2.46 bits per heavy atom. The second-order valence-corrected chi connectivity index (χ2v) is 5.57. The molecule has 0 spiro atoms. The maximum absolute atomic E-state index is 12.9. The lowest BCUT2D eigenvalue weighted by atomic mass is 10.2. The van der Waals surface area contributed by atoms with Crippen LogP contribution in [0.3, 0.4) is 0 Å². The highest BCUT2D eigenvalue weighted by atomic mass is 35.5. The summed E-state index contributed by atoms with van der Waals surface area (Å²) in [6.07, 6.45) is -4.58. The highest BCUT2D eigenvalue weighted by Gasteiger charge is 2.33. The molecule has 0 heterocycles. The number of carbonyl (C=O) groups is 1. The summed E-state index contributed by atoms with van der Waals surface area (Å²) >= 11 is 5.56. The van der Waals surface area contributed by atoms with Gasteiger partial charge in [0, 0.05) is 11.8 Å². The van der Waals surface area contributed by atoms with E-state index in [2.05, 4.69) is 10.6 Å². The van der Waals surface area contributed by atoms with Crippen molar-refractivity contribution < 1.29 is 27.4 Å². The van der Waals surface area contributed by atoms with E-state index in [1.54, 1.807) is 18.2 Å². The molecule has 2 aromatic rings. The van der Waals surface area contributed by atoms with Crippen LogP contribution >= 0.6 is 11.6 Å². The molecule has 0 radical (unpaired) electrons. The molecule has 5 nitrogen and oxygen atoms in total. The van der Waals surface area contributed by atoms with Gasteiger partial charge in [-0.2, -0.15) is 13.2 Å². The predicted octanol–water partition coefficient (Wildman–Crippen LogP) is 4.43. The lowest BCUT2D eigenvalue weighted by Gasteiger charge is -2.14. The van der Waals surface area contributed by atoms with E-state index in [0.29, 0.717) is 17.2 Å². The molecule has 9 heteroatoms. The minimum absolute atomic E-state index is 0.120. The van der Waals surface area contributed by atoms with Crippen LogP contribution < -0.4 is 20.1 Å². The first kappa shape index (κ1) is 19.7. The maximum Gasteiger partial charge on any atom is 0.417 e. The van der Waals surface area contributed by atoms with E-state index in [9.17, 15) is 18.0 Å². The number of amides is 1. The Kier molecular flexibility index (Phi) is 6.20. The zero-order valence-corrected chi connectivity index (χ0v) is 14.7. The van der Waals surface area contributed by atoms with Crippen LogP contribution in [0, 0.1) is 0 Å². The SMILES string of the molecule is COc1ccc(OC)c(NC(=O)CNc2ccc(Cl)c(C(F)(F)F)c2)c1. The summed E-state index contributed by atoms with van der Waals surface area (Å²) < 4.78 is 48.8. The van der Waals surface area contributed by atoms with Gasteiger partial charge in [-0.3, -0.25) is 4.79 Å². The average molecular weight is 389 g/mol. The molecule has 1 amide bonds. The molecule has 140 valence electrons. The topological polar surface area (TPSA) is 59.6 Å². The van der Waals surface area contributed by atoms with Crippen LogP contribution in [0.4, 0.5) is 24.5 Å². The largest absolute Gasteiger partial charge is 0.497 e. The van der Waals surface area contributed by atoms with Crippen LogP contribution in [-0.2, 0) is 11.0 Å². The zero-order valence-electron chi connectivity index (χ0n) is 13.9. The van der Waals surface area contributed by atoms with Crippen LogP contribution in [-0.4, -0.2) is 26.7 Å². The van der Waals surface area contributed by atoms with Crippen LogP contribution in [0.15, 0.2) is 36.4 Å². The number of methoxy groups -OCH3 is 2. The van der Waals surface area contributed by atoms with Crippen LogP contribution in [0.1, 0.15) is 5.56 Å². The summed E-state index contributed by atoms with van der Waals surface area (Å²) in [4.78, 5) is 12.1. The van der Waals surface area contributed by atoms with E-state index in [4.69, 9.17) is 21.1 Å². The summed E-state index contributed by atoms with van der Waals surface area (Å²) in [5.74, 6) is 0.464. The second-order valence-electron chi connectivity index (χ2n) is 5.16. The molecule has 0 aliphatic rings. The van der Waals surface area contributed by atoms with Gasteiger partial charge in [0.15, 0.2) is 0 Å². The Hall–Kier alpha value is -2.61. The Morgan fingerprint density at radius 1 is 1.12 bits per heavy atom. The van der Waals surface area contributed by atoms with Crippen molar-refractivity contribution >= 4 is 28.9 Å². The van der Waals surface area contributed by atoms with Crippen LogP contribution in [0.5, 0.6) is 11.5 Å². The molecule has 0 unspecified atom stereocenters. The van der Waals surface area contributed by atoms with Crippen molar-refractivity contribution in [3.05, 3.63) is 47.0 Å². The van der Waals surface area contributed by atoms with Gasteiger partial charge in [-0.15, -0.1) is 0 Å². The number of nitrogens with one attached hydrogen (secondary N) is 2. The molecule has 0 aromatic heterocycles. The standard InChI is InChI=1S/C17H16ClF3N2O3/c1-25-11-4-6-15(26-2)14(8-11)23-16(24)9-22-10-3-5-13(18)12(7-10)17(19,20)21/h3-8,22H,9H2,1-2H3,(H,23,24). The molecule has 26 heavy (non-hydrogen) atoms. The monoisotopic (exact) mass is 388 g/mol. The van der Waals surface area contributed by atoms with E-state index in [1.807, 2.05) is 0 Å². The molecule has 0 aliphatic carbocycles. The average Bonchev–Trinajstić information content (AvgIpc) is 2.60. The lowest BCUT2D eigenvalue weighted by Crippen LogP contribution is -2.22. The van der Waals surface area contributed by atoms with E-state index < -0.39 is 22.7 Å². The Balaban J connectivity index is 2.06. The van der Waals surface area contributed by atoms with Crippen molar-refractivity contribution in [3.8, 4) is 11.5 Å². The molecule has 2 N–H and O–H groups in total. The molecule has 0 saturated heterocycles. The van der Waals surface area contributed by atoms with Gasteiger partial charge in [0.05, 0.1) is 37.0 Å². The quantitative estimate of drug-likeness (QED) is 0.768. The van der Waals surface area contributed by atoms with Gasteiger partial charge in [0.25, 0.3) is 0 Å². The third-order valence-corrected chi connectivity index (χ3v) is 3.74. The molecule has 0 aliphatic heterocycles. The fraction of sp³-hybridized carbons (Fsp3) is 0.235. The lowest BCUT2D eigenvalue weighted by molar-refractivity contribution is -0.137. The smallest absolute Gasteiger partial charge is 0.417 e. The first-order chi connectivity index (χ1) is 12.2. The third kappa shape index (κ3) is 4.95. The molecule has 0 bridgehead atoms. The summed E-state index contributed by atoms with van der Waals surface area (Å²) in [7, 11) is 2.93. The highest BCUT2D eigenvalue weighted by Crippen LogP contribution is 2.36. The normalized spacial score (nSPS) is 11.0. The number of ether oxygens (including phenoxy) is 2.